The summed E-state index contributed by atoms with van der Waals surface area (Å²) in [6.45, 7) is 6.98. The maximum atomic E-state index is 11.5. The summed E-state index contributed by atoms with van der Waals surface area (Å²) in [6.07, 6.45) is 2.72. The van der Waals surface area contributed by atoms with Crippen molar-refractivity contribution in [2.24, 2.45) is 11.8 Å². The molecule has 0 aliphatic carbocycles. The highest BCUT2D eigenvalue weighted by Gasteiger charge is 2.10. The predicted molar refractivity (Wildman–Crippen MR) is 66.2 cm³/mol. The highest BCUT2D eigenvalue weighted by Crippen LogP contribution is 2.11. The fourth-order valence-corrected chi connectivity index (χ4v) is 1.75. The second-order valence-corrected chi connectivity index (χ2v) is 4.86. The van der Waals surface area contributed by atoms with Gasteiger partial charge in [-0.15, -0.1) is 0 Å². The number of nitrogens with zero attached hydrogens (tertiary/aromatic N) is 2. The maximum Gasteiger partial charge on any atom is 0.327 e. The first kappa shape index (κ1) is 13.5. The van der Waals surface area contributed by atoms with Gasteiger partial charge in [0.25, 0.3) is 0 Å². The molecule has 0 aromatic carbocycles. The Bertz CT molecular complexity index is 360. The van der Waals surface area contributed by atoms with E-state index in [1.807, 2.05) is 0 Å². The van der Waals surface area contributed by atoms with Crippen LogP contribution in [0.2, 0.25) is 0 Å². The zero-order valence-electron chi connectivity index (χ0n) is 10.7. The minimum absolute atomic E-state index is 0.117. The van der Waals surface area contributed by atoms with E-state index < -0.39 is 0 Å². The zero-order valence-corrected chi connectivity index (χ0v) is 10.7. The molecule has 1 rings (SSSR count). The van der Waals surface area contributed by atoms with Gasteiger partial charge in [0.1, 0.15) is 12.4 Å². The lowest BCUT2D eigenvalue weighted by atomic mass is 10.00. The molecule has 96 valence electrons. The Hall–Kier alpha value is -1.52. The molecule has 0 radical (unpaired) electrons. The normalized spacial score (nSPS) is 12.7. The standard InChI is InChI=1S/C12H21N3O2/c1-9(2)6-10(3)8-17-12(16)7-15-5-4-11(13)14-15/h4-5,9-10H,6-8H2,1-3H3,(H2,13,14). The van der Waals surface area contributed by atoms with Crippen LogP contribution in [-0.4, -0.2) is 22.4 Å². The highest BCUT2D eigenvalue weighted by atomic mass is 16.5. The molecule has 5 nitrogen and oxygen atoms in total. The Morgan fingerprint density at radius 3 is 2.76 bits per heavy atom. The molecule has 0 saturated heterocycles. The van der Waals surface area contributed by atoms with Gasteiger partial charge in [-0.05, 0) is 24.3 Å². The van der Waals surface area contributed by atoms with Crippen molar-refractivity contribution in [3.8, 4) is 0 Å². The molecule has 0 bridgehead atoms. The Morgan fingerprint density at radius 1 is 1.53 bits per heavy atom. The van der Waals surface area contributed by atoms with Crippen LogP contribution in [0.1, 0.15) is 27.2 Å². The number of hydrogen-bond acceptors (Lipinski definition) is 4. The summed E-state index contributed by atoms with van der Waals surface area (Å²) in [6, 6.07) is 1.65. The maximum absolute atomic E-state index is 11.5. The first-order valence-electron chi connectivity index (χ1n) is 5.92. The van der Waals surface area contributed by atoms with Crippen LogP contribution in [0.5, 0.6) is 0 Å². The van der Waals surface area contributed by atoms with Crippen molar-refractivity contribution >= 4 is 11.8 Å². The SMILES string of the molecule is CC(C)CC(C)COC(=O)Cn1ccc(N)n1. The van der Waals surface area contributed by atoms with Gasteiger partial charge in [-0.3, -0.25) is 9.48 Å². The van der Waals surface area contributed by atoms with E-state index >= 15 is 0 Å². The molecule has 1 unspecified atom stereocenters. The molecular weight excluding hydrogens is 218 g/mol. The monoisotopic (exact) mass is 239 g/mol. The molecule has 1 heterocycles. The number of rotatable bonds is 6. The molecule has 0 fully saturated rings. The molecule has 0 amide bonds. The third-order valence-electron chi connectivity index (χ3n) is 2.35. The van der Waals surface area contributed by atoms with Crippen LogP contribution < -0.4 is 5.73 Å². The van der Waals surface area contributed by atoms with Crippen LogP contribution in [0.3, 0.4) is 0 Å². The molecule has 0 spiro atoms. The average molecular weight is 239 g/mol. The van der Waals surface area contributed by atoms with E-state index in [0.29, 0.717) is 24.3 Å². The Morgan fingerprint density at radius 2 is 2.24 bits per heavy atom. The number of carbonyl (C=O) groups excluding carboxylic acids is 1. The third-order valence-corrected chi connectivity index (χ3v) is 2.35. The molecule has 1 atom stereocenters. The molecule has 5 heteroatoms. The lowest BCUT2D eigenvalue weighted by Gasteiger charge is -2.14. The van der Waals surface area contributed by atoms with Crippen molar-refractivity contribution < 1.29 is 9.53 Å². The van der Waals surface area contributed by atoms with Gasteiger partial charge < -0.3 is 10.5 Å². The van der Waals surface area contributed by atoms with E-state index in [1.54, 1.807) is 12.3 Å². The summed E-state index contributed by atoms with van der Waals surface area (Å²) in [5.41, 5.74) is 5.45. The summed E-state index contributed by atoms with van der Waals surface area (Å²) in [5, 5.41) is 3.92. The quantitative estimate of drug-likeness (QED) is 0.767. The smallest absolute Gasteiger partial charge is 0.327 e. The van der Waals surface area contributed by atoms with Crippen LogP contribution in [0.15, 0.2) is 12.3 Å². The number of esters is 1. The van der Waals surface area contributed by atoms with E-state index in [0.717, 1.165) is 6.42 Å². The first-order valence-corrected chi connectivity index (χ1v) is 5.92. The van der Waals surface area contributed by atoms with Gasteiger partial charge in [0.05, 0.1) is 6.61 Å². The summed E-state index contributed by atoms with van der Waals surface area (Å²) in [7, 11) is 0. The van der Waals surface area contributed by atoms with Crippen molar-refractivity contribution in [2.75, 3.05) is 12.3 Å². The fourth-order valence-electron chi connectivity index (χ4n) is 1.75. The van der Waals surface area contributed by atoms with E-state index in [1.165, 1.54) is 4.68 Å². The number of nitrogen functional groups attached to an aromatic ring is 1. The Kier molecular flexibility index (Phi) is 5.00. The van der Waals surface area contributed by atoms with Crippen LogP contribution in [0, 0.1) is 11.8 Å². The van der Waals surface area contributed by atoms with Crippen LogP contribution in [0.25, 0.3) is 0 Å². The van der Waals surface area contributed by atoms with Gasteiger partial charge in [0.2, 0.25) is 0 Å². The summed E-state index contributed by atoms with van der Waals surface area (Å²) < 4.78 is 6.65. The molecule has 0 aliphatic heterocycles. The van der Waals surface area contributed by atoms with Crippen molar-refractivity contribution in [1.29, 1.82) is 0 Å². The van der Waals surface area contributed by atoms with Gasteiger partial charge in [-0.1, -0.05) is 20.8 Å². The van der Waals surface area contributed by atoms with E-state index in [9.17, 15) is 4.79 Å². The zero-order chi connectivity index (χ0) is 12.8. The third kappa shape index (κ3) is 5.38. The molecule has 1 aromatic rings. The lowest BCUT2D eigenvalue weighted by molar-refractivity contribution is -0.145. The van der Waals surface area contributed by atoms with Crippen LogP contribution in [0.4, 0.5) is 5.82 Å². The summed E-state index contributed by atoms with van der Waals surface area (Å²) in [4.78, 5) is 11.5. The van der Waals surface area contributed by atoms with Gasteiger partial charge in [0.15, 0.2) is 0 Å². The number of nitrogens with two attached hydrogens (primary N) is 1. The molecule has 0 aliphatic rings. The molecular formula is C12H21N3O2. The van der Waals surface area contributed by atoms with Crippen LogP contribution in [-0.2, 0) is 16.1 Å². The number of anilines is 1. The average Bonchev–Trinajstić information content (AvgIpc) is 2.60. The second-order valence-electron chi connectivity index (χ2n) is 4.86. The van der Waals surface area contributed by atoms with Crippen molar-refractivity contribution in [2.45, 2.75) is 33.7 Å². The van der Waals surface area contributed by atoms with Gasteiger partial charge in [-0.25, -0.2) is 0 Å². The lowest BCUT2D eigenvalue weighted by Crippen LogP contribution is -2.18. The highest BCUT2D eigenvalue weighted by molar-refractivity contribution is 5.69. The first-order chi connectivity index (χ1) is 7.97. The second kappa shape index (κ2) is 6.27. The number of carbonyl (C=O) groups is 1. The number of hydrogen-bond donors (Lipinski definition) is 1. The summed E-state index contributed by atoms with van der Waals surface area (Å²) >= 11 is 0. The largest absolute Gasteiger partial charge is 0.464 e. The minimum atomic E-state index is -0.274. The summed E-state index contributed by atoms with van der Waals surface area (Å²) in [5.74, 6) is 1.14. The van der Waals surface area contributed by atoms with Gasteiger partial charge >= 0.3 is 5.97 Å². The van der Waals surface area contributed by atoms with Crippen molar-refractivity contribution in [3.05, 3.63) is 12.3 Å². The minimum Gasteiger partial charge on any atom is -0.464 e. The fraction of sp³-hybridized carbons (Fsp3) is 0.667. The van der Waals surface area contributed by atoms with Gasteiger partial charge in [0, 0.05) is 6.20 Å². The Balaban J connectivity index is 2.26. The number of ether oxygens (including phenoxy) is 1. The van der Waals surface area contributed by atoms with Crippen molar-refractivity contribution in [3.63, 3.8) is 0 Å². The molecule has 17 heavy (non-hydrogen) atoms. The van der Waals surface area contributed by atoms with E-state index in [4.69, 9.17) is 10.5 Å². The molecule has 0 saturated carbocycles. The van der Waals surface area contributed by atoms with E-state index in [2.05, 4.69) is 25.9 Å². The predicted octanol–water partition coefficient (Wildman–Crippen LogP) is 1.69. The molecule has 1 aromatic heterocycles. The molecule has 2 N–H and O–H groups in total. The topological polar surface area (TPSA) is 70.1 Å². The van der Waals surface area contributed by atoms with Gasteiger partial charge in [-0.2, -0.15) is 5.10 Å². The van der Waals surface area contributed by atoms with E-state index in [-0.39, 0.29) is 12.5 Å². The van der Waals surface area contributed by atoms with Crippen molar-refractivity contribution in [1.82, 2.24) is 9.78 Å². The van der Waals surface area contributed by atoms with Crippen LogP contribution >= 0.6 is 0 Å². The Labute approximate surface area is 102 Å². The number of aromatic nitrogens is 2.